The highest BCUT2D eigenvalue weighted by molar-refractivity contribution is 5.53. The lowest BCUT2D eigenvalue weighted by Crippen LogP contribution is -2.19. The molecule has 0 N–H and O–H groups in total. The Labute approximate surface area is 124 Å². The monoisotopic (exact) mass is 278 g/mol. The van der Waals surface area contributed by atoms with Crippen molar-refractivity contribution in [2.75, 3.05) is 7.11 Å². The largest absolute Gasteiger partial charge is 0.381 e. The number of hydrogen-bond donors (Lipinski definition) is 0. The Morgan fingerprint density at radius 3 is 2.20 bits per heavy atom. The van der Waals surface area contributed by atoms with Crippen LogP contribution in [0.15, 0.2) is 12.2 Å². The van der Waals surface area contributed by atoms with Crippen LogP contribution in [0.1, 0.15) is 64.2 Å². The van der Waals surface area contributed by atoms with Crippen molar-refractivity contribution in [2.45, 2.75) is 70.3 Å². The van der Waals surface area contributed by atoms with E-state index in [9.17, 15) is 4.79 Å². The van der Waals surface area contributed by atoms with Gasteiger partial charge in [-0.2, -0.15) is 0 Å². The van der Waals surface area contributed by atoms with Gasteiger partial charge in [0.05, 0.1) is 6.10 Å². The summed E-state index contributed by atoms with van der Waals surface area (Å²) in [4.78, 5) is 10.7. The highest BCUT2D eigenvalue weighted by atomic mass is 16.5. The molecule has 2 saturated carbocycles. The summed E-state index contributed by atoms with van der Waals surface area (Å²) in [6.45, 7) is 0. The number of allylic oxidation sites excluding steroid dienone is 2. The minimum absolute atomic E-state index is 0.359. The molecule has 0 atom stereocenters. The zero-order valence-electron chi connectivity index (χ0n) is 12.9. The third kappa shape index (κ3) is 5.05. The SMILES string of the molecule is CO[C@H]1CC[C@H](/C=C/CCC2CCC(C=O)CC2)CC1. The summed E-state index contributed by atoms with van der Waals surface area (Å²) in [5, 5.41) is 0. The lowest BCUT2D eigenvalue weighted by atomic mass is 9.80. The molecule has 2 fully saturated rings. The lowest BCUT2D eigenvalue weighted by Gasteiger charge is -2.26. The average Bonchev–Trinajstić information content (AvgIpc) is 2.53. The zero-order chi connectivity index (χ0) is 14.2. The Hall–Kier alpha value is -0.630. The van der Waals surface area contributed by atoms with Gasteiger partial charge in [-0.1, -0.05) is 12.2 Å². The van der Waals surface area contributed by atoms with Crippen LogP contribution < -0.4 is 0 Å². The molecule has 0 aromatic heterocycles. The van der Waals surface area contributed by atoms with Gasteiger partial charge in [0, 0.05) is 13.0 Å². The predicted octanol–water partition coefficient (Wildman–Crippen LogP) is 4.53. The standard InChI is InChI=1S/C18H30O2/c1-20-18-12-10-16(11-13-18)5-3-2-4-15-6-8-17(14-19)9-7-15/h3,5,14-18H,2,4,6-13H2,1H3/b5-3+/t15?,16-,17?,18-. The molecule has 0 saturated heterocycles. The van der Waals surface area contributed by atoms with E-state index in [1.54, 1.807) is 0 Å². The van der Waals surface area contributed by atoms with E-state index in [1.165, 1.54) is 51.4 Å². The van der Waals surface area contributed by atoms with Gasteiger partial charge in [-0.15, -0.1) is 0 Å². The molecule has 0 unspecified atom stereocenters. The van der Waals surface area contributed by atoms with Gasteiger partial charge in [0.25, 0.3) is 0 Å². The van der Waals surface area contributed by atoms with Crippen molar-refractivity contribution in [3.63, 3.8) is 0 Å². The van der Waals surface area contributed by atoms with Crippen molar-refractivity contribution < 1.29 is 9.53 Å². The minimum atomic E-state index is 0.359. The molecule has 0 heterocycles. The second kappa shape index (κ2) is 8.61. The maximum Gasteiger partial charge on any atom is 0.123 e. The zero-order valence-corrected chi connectivity index (χ0v) is 12.9. The molecule has 2 aliphatic carbocycles. The second-order valence-corrected chi connectivity index (χ2v) is 6.69. The molecular weight excluding hydrogens is 248 g/mol. The number of ether oxygens (including phenoxy) is 1. The fourth-order valence-corrected chi connectivity index (χ4v) is 3.75. The van der Waals surface area contributed by atoms with Crippen LogP contribution in [-0.2, 0) is 9.53 Å². The van der Waals surface area contributed by atoms with Crippen molar-refractivity contribution in [3.8, 4) is 0 Å². The van der Waals surface area contributed by atoms with Gasteiger partial charge in [0.1, 0.15) is 6.29 Å². The fraction of sp³-hybridized carbons (Fsp3) is 0.833. The first-order chi connectivity index (χ1) is 9.81. The molecule has 114 valence electrons. The Kier molecular flexibility index (Phi) is 6.78. The highest BCUT2D eigenvalue weighted by Gasteiger charge is 2.20. The van der Waals surface area contributed by atoms with Crippen LogP contribution in [0.2, 0.25) is 0 Å². The van der Waals surface area contributed by atoms with Gasteiger partial charge in [0.2, 0.25) is 0 Å². The molecular formula is C18H30O2. The molecule has 0 spiro atoms. The summed E-state index contributed by atoms with van der Waals surface area (Å²) >= 11 is 0. The summed E-state index contributed by atoms with van der Waals surface area (Å²) in [6.07, 6.45) is 18.9. The summed E-state index contributed by atoms with van der Waals surface area (Å²) < 4.78 is 5.41. The van der Waals surface area contributed by atoms with Crippen LogP contribution in [0.5, 0.6) is 0 Å². The average molecular weight is 278 g/mol. The van der Waals surface area contributed by atoms with Gasteiger partial charge >= 0.3 is 0 Å². The molecule has 0 bridgehead atoms. The van der Waals surface area contributed by atoms with Crippen molar-refractivity contribution in [1.82, 2.24) is 0 Å². The number of carbonyl (C=O) groups excluding carboxylic acids is 1. The number of carbonyl (C=O) groups is 1. The van der Waals surface area contributed by atoms with Gasteiger partial charge in [0.15, 0.2) is 0 Å². The number of methoxy groups -OCH3 is 1. The lowest BCUT2D eigenvalue weighted by molar-refractivity contribution is -0.112. The van der Waals surface area contributed by atoms with E-state index in [0.29, 0.717) is 12.0 Å². The Morgan fingerprint density at radius 1 is 0.950 bits per heavy atom. The number of aldehydes is 1. The first-order valence-electron chi connectivity index (χ1n) is 8.46. The van der Waals surface area contributed by atoms with Crippen molar-refractivity contribution in [1.29, 1.82) is 0 Å². The molecule has 2 heteroatoms. The second-order valence-electron chi connectivity index (χ2n) is 6.69. The molecule has 0 aromatic rings. The van der Waals surface area contributed by atoms with Crippen LogP contribution in [0, 0.1) is 17.8 Å². The molecule has 2 aliphatic rings. The van der Waals surface area contributed by atoms with Crippen molar-refractivity contribution in [3.05, 3.63) is 12.2 Å². The van der Waals surface area contributed by atoms with Crippen LogP contribution in [0.4, 0.5) is 0 Å². The summed E-state index contributed by atoms with van der Waals surface area (Å²) in [7, 11) is 1.83. The normalized spacial score (nSPS) is 35.2. The van der Waals surface area contributed by atoms with Gasteiger partial charge in [-0.05, 0) is 76.0 Å². The van der Waals surface area contributed by atoms with Crippen molar-refractivity contribution >= 4 is 6.29 Å². The Morgan fingerprint density at radius 2 is 1.60 bits per heavy atom. The van der Waals surface area contributed by atoms with Gasteiger partial charge in [-0.3, -0.25) is 0 Å². The topological polar surface area (TPSA) is 26.3 Å². The minimum Gasteiger partial charge on any atom is -0.381 e. The smallest absolute Gasteiger partial charge is 0.123 e. The van der Waals surface area contributed by atoms with E-state index in [0.717, 1.165) is 31.0 Å². The Bertz CT molecular complexity index is 295. The molecule has 2 nitrogen and oxygen atoms in total. The van der Waals surface area contributed by atoms with Gasteiger partial charge in [-0.25, -0.2) is 0 Å². The summed E-state index contributed by atoms with van der Waals surface area (Å²) in [5.41, 5.74) is 0. The van der Waals surface area contributed by atoms with Crippen molar-refractivity contribution in [2.24, 2.45) is 17.8 Å². The molecule has 0 amide bonds. The van der Waals surface area contributed by atoms with Gasteiger partial charge < -0.3 is 9.53 Å². The van der Waals surface area contributed by atoms with E-state index in [4.69, 9.17) is 4.74 Å². The maximum absolute atomic E-state index is 10.7. The molecule has 2 rings (SSSR count). The molecule has 0 aliphatic heterocycles. The van der Waals surface area contributed by atoms with Crippen LogP contribution in [-0.4, -0.2) is 19.5 Å². The third-order valence-corrected chi connectivity index (χ3v) is 5.29. The fourth-order valence-electron chi connectivity index (χ4n) is 3.75. The molecule has 0 radical (unpaired) electrons. The maximum atomic E-state index is 10.7. The van der Waals surface area contributed by atoms with Crippen LogP contribution >= 0.6 is 0 Å². The quantitative estimate of drug-likeness (QED) is 0.527. The highest BCUT2D eigenvalue weighted by Crippen LogP contribution is 2.31. The third-order valence-electron chi connectivity index (χ3n) is 5.29. The molecule has 20 heavy (non-hydrogen) atoms. The van der Waals surface area contributed by atoms with E-state index in [2.05, 4.69) is 12.2 Å². The van der Waals surface area contributed by atoms with Crippen LogP contribution in [0.25, 0.3) is 0 Å². The molecule has 0 aromatic carbocycles. The number of rotatable bonds is 6. The first kappa shape index (κ1) is 15.8. The van der Waals surface area contributed by atoms with E-state index in [1.807, 2.05) is 7.11 Å². The van der Waals surface area contributed by atoms with E-state index >= 15 is 0 Å². The van der Waals surface area contributed by atoms with Crippen LogP contribution in [0.3, 0.4) is 0 Å². The van der Waals surface area contributed by atoms with E-state index < -0.39 is 0 Å². The van der Waals surface area contributed by atoms with E-state index in [-0.39, 0.29) is 0 Å². The number of hydrogen-bond acceptors (Lipinski definition) is 2. The predicted molar refractivity (Wildman–Crippen MR) is 82.6 cm³/mol. The first-order valence-corrected chi connectivity index (χ1v) is 8.46. The summed E-state index contributed by atoms with van der Waals surface area (Å²) in [6, 6.07) is 0. The summed E-state index contributed by atoms with van der Waals surface area (Å²) in [5.74, 6) is 2.00. The Balaban J connectivity index is 1.57.